The minimum atomic E-state index is -0.387. The Labute approximate surface area is 123 Å². The van der Waals surface area contributed by atoms with Crippen molar-refractivity contribution < 1.29 is 19.1 Å². The van der Waals surface area contributed by atoms with E-state index in [0.717, 1.165) is 5.57 Å². The third-order valence-corrected chi connectivity index (χ3v) is 3.94. The van der Waals surface area contributed by atoms with Crippen molar-refractivity contribution in [2.45, 2.75) is 34.1 Å². The van der Waals surface area contributed by atoms with Gasteiger partial charge in [-0.3, -0.25) is 0 Å². The fraction of sp³-hybridized carbons (Fsp3) is 0.571. The summed E-state index contributed by atoms with van der Waals surface area (Å²) in [6.45, 7) is 7.95. The van der Waals surface area contributed by atoms with E-state index in [0.29, 0.717) is 41.7 Å². The highest BCUT2D eigenvalue weighted by Gasteiger charge is 2.24. The summed E-state index contributed by atoms with van der Waals surface area (Å²) in [6.07, 6.45) is 0.545. The van der Waals surface area contributed by atoms with Crippen molar-refractivity contribution >= 4 is 23.7 Å². The molecule has 0 saturated carbocycles. The quantitative estimate of drug-likeness (QED) is 0.621. The van der Waals surface area contributed by atoms with E-state index in [-0.39, 0.29) is 11.9 Å². The van der Waals surface area contributed by atoms with Gasteiger partial charge in [-0.25, -0.2) is 9.59 Å². The lowest BCUT2D eigenvalue weighted by atomic mass is 10.2. The predicted molar refractivity (Wildman–Crippen MR) is 78.9 cm³/mol. The fourth-order valence-electron chi connectivity index (χ4n) is 1.72. The maximum Gasteiger partial charge on any atom is 0.354 e. The average molecular weight is 299 g/mol. The molecule has 0 fully saturated rings. The number of ether oxygens (including phenoxy) is 2. The van der Waals surface area contributed by atoms with Crippen LogP contribution in [0.1, 0.15) is 34.1 Å². The molecule has 20 heavy (non-hydrogen) atoms. The Bertz CT molecular complexity index is 454. The lowest BCUT2D eigenvalue weighted by Crippen LogP contribution is -2.28. The number of nitrogens with one attached hydrogen (secondary N) is 1. The van der Waals surface area contributed by atoms with Crippen LogP contribution in [0.25, 0.3) is 0 Å². The lowest BCUT2D eigenvalue weighted by molar-refractivity contribution is -0.140. The number of rotatable bonds is 5. The van der Waals surface area contributed by atoms with Crippen molar-refractivity contribution in [2.75, 3.05) is 19.0 Å². The Morgan fingerprint density at radius 2 is 1.85 bits per heavy atom. The summed E-state index contributed by atoms with van der Waals surface area (Å²) in [6, 6.07) is 0. The molecule has 0 bridgehead atoms. The molecule has 1 N–H and O–H groups in total. The molecular weight excluding hydrogens is 278 g/mol. The van der Waals surface area contributed by atoms with Crippen molar-refractivity contribution in [2.24, 2.45) is 0 Å². The highest BCUT2D eigenvalue weighted by molar-refractivity contribution is 8.03. The predicted octanol–water partition coefficient (Wildman–Crippen LogP) is 2.34. The number of hydrogen-bond acceptors (Lipinski definition) is 6. The van der Waals surface area contributed by atoms with Gasteiger partial charge in [0.25, 0.3) is 0 Å². The molecule has 1 heterocycles. The number of hydrogen-bond donors (Lipinski definition) is 1. The monoisotopic (exact) mass is 299 g/mol. The maximum atomic E-state index is 11.9. The van der Waals surface area contributed by atoms with Crippen LogP contribution < -0.4 is 5.32 Å². The average Bonchev–Trinajstić information content (AvgIpc) is 2.42. The summed E-state index contributed by atoms with van der Waals surface area (Å²) >= 11 is 1.50. The van der Waals surface area contributed by atoms with E-state index in [1.54, 1.807) is 13.8 Å². The molecule has 0 amide bonds. The van der Waals surface area contributed by atoms with Gasteiger partial charge in [-0.2, -0.15) is 0 Å². The molecule has 0 aromatic carbocycles. The van der Waals surface area contributed by atoms with E-state index >= 15 is 0 Å². The van der Waals surface area contributed by atoms with Gasteiger partial charge in [0.1, 0.15) is 5.70 Å². The summed E-state index contributed by atoms with van der Waals surface area (Å²) < 4.78 is 10.0. The zero-order valence-electron chi connectivity index (χ0n) is 12.4. The van der Waals surface area contributed by atoms with Gasteiger partial charge in [0, 0.05) is 5.75 Å². The Balaban J connectivity index is 3.00. The Morgan fingerprint density at radius 1 is 1.20 bits per heavy atom. The summed E-state index contributed by atoms with van der Waals surface area (Å²) in [7, 11) is 0. The van der Waals surface area contributed by atoms with E-state index in [1.807, 2.05) is 13.8 Å². The number of thioether (sulfide) groups is 1. The van der Waals surface area contributed by atoms with Gasteiger partial charge in [0.2, 0.25) is 0 Å². The van der Waals surface area contributed by atoms with Crippen LogP contribution >= 0.6 is 11.8 Å². The van der Waals surface area contributed by atoms with E-state index in [4.69, 9.17) is 9.47 Å². The topological polar surface area (TPSA) is 64.6 Å². The molecule has 0 saturated heterocycles. The van der Waals surface area contributed by atoms with E-state index in [9.17, 15) is 9.59 Å². The molecule has 1 aliphatic rings. The first-order valence-electron chi connectivity index (χ1n) is 6.72. The highest BCUT2D eigenvalue weighted by atomic mass is 32.2. The van der Waals surface area contributed by atoms with Gasteiger partial charge >= 0.3 is 11.9 Å². The first-order valence-corrected chi connectivity index (χ1v) is 7.70. The highest BCUT2D eigenvalue weighted by Crippen LogP contribution is 2.29. The minimum Gasteiger partial charge on any atom is -0.463 e. The molecule has 5 nitrogen and oxygen atoms in total. The molecule has 6 heteroatoms. The second-order valence-corrected chi connectivity index (χ2v) is 5.16. The normalized spacial score (nSPS) is 17.4. The Kier molecular flexibility index (Phi) is 6.64. The molecule has 112 valence electrons. The van der Waals surface area contributed by atoms with E-state index in [2.05, 4.69) is 5.32 Å². The third-order valence-electron chi connectivity index (χ3n) is 2.73. The van der Waals surface area contributed by atoms with Crippen molar-refractivity contribution in [1.82, 2.24) is 5.32 Å². The standard InChI is InChI=1S/C14H21NO4S/c1-5-10(13(16)18-6-2)12-15-11(9(4)8-20-12)14(17)19-7-3/h15H,5-8H2,1-4H3/b12-10+. The van der Waals surface area contributed by atoms with Crippen molar-refractivity contribution in [3.63, 3.8) is 0 Å². The molecule has 0 aliphatic carbocycles. The van der Waals surface area contributed by atoms with Crippen LogP contribution in [-0.2, 0) is 19.1 Å². The molecule has 0 aromatic heterocycles. The maximum absolute atomic E-state index is 11.9. The van der Waals surface area contributed by atoms with Crippen molar-refractivity contribution in [1.29, 1.82) is 0 Å². The molecule has 1 aliphatic heterocycles. The number of esters is 2. The summed E-state index contributed by atoms with van der Waals surface area (Å²) in [5.74, 6) is -0.0748. The zero-order valence-corrected chi connectivity index (χ0v) is 13.2. The van der Waals surface area contributed by atoms with Crippen LogP contribution in [-0.4, -0.2) is 30.9 Å². The van der Waals surface area contributed by atoms with Gasteiger partial charge in [-0.1, -0.05) is 6.92 Å². The first kappa shape index (κ1) is 16.6. The third kappa shape index (κ3) is 4.03. The molecule has 0 spiro atoms. The number of carbonyl (C=O) groups is 2. The Hall–Kier alpha value is -1.43. The molecule has 0 aromatic rings. The lowest BCUT2D eigenvalue weighted by Gasteiger charge is -2.23. The summed E-state index contributed by atoms with van der Waals surface area (Å²) in [5, 5.41) is 3.71. The number of carbonyl (C=O) groups excluding carboxylic acids is 2. The molecular formula is C14H21NO4S. The fourth-order valence-corrected chi connectivity index (χ4v) is 2.80. The minimum absolute atomic E-state index is 0.321. The van der Waals surface area contributed by atoms with Crippen LogP contribution in [0.15, 0.2) is 21.9 Å². The van der Waals surface area contributed by atoms with Crippen molar-refractivity contribution in [3.05, 3.63) is 21.9 Å². The van der Waals surface area contributed by atoms with Gasteiger partial charge in [-0.15, -0.1) is 11.8 Å². The summed E-state index contributed by atoms with van der Waals surface area (Å²) in [5.41, 5.74) is 1.90. The van der Waals surface area contributed by atoms with Crippen LogP contribution in [0.2, 0.25) is 0 Å². The second kappa shape index (κ2) is 7.99. The van der Waals surface area contributed by atoms with Gasteiger partial charge in [0.15, 0.2) is 0 Å². The molecule has 0 unspecified atom stereocenters. The second-order valence-electron chi connectivity index (χ2n) is 4.17. The van der Waals surface area contributed by atoms with Crippen LogP contribution in [0.3, 0.4) is 0 Å². The van der Waals surface area contributed by atoms with Gasteiger partial charge in [-0.05, 0) is 32.8 Å². The molecule has 0 radical (unpaired) electrons. The molecule has 0 atom stereocenters. The largest absolute Gasteiger partial charge is 0.463 e. The van der Waals surface area contributed by atoms with Crippen LogP contribution in [0, 0.1) is 0 Å². The summed E-state index contributed by atoms with van der Waals surface area (Å²) in [4.78, 5) is 23.8. The SMILES string of the molecule is CCOC(=O)C1=C(C)CS/C(=C(\CC)C(=O)OCC)N1. The van der Waals surface area contributed by atoms with Crippen LogP contribution in [0.5, 0.6) is 0 Å². The zero-order chi connectivity index (χ0) is 15.1. The van der Waals surface area contributed by atoms with E-state index in [1.165, 1.54) is 11.8 Å². The van der Waals surface area contributed by atoms with Crippen molar-refractivity contribution in [3.8, 4) is 0 Å². The smallest absolute Gasteiger partial charge is 0.354 e. The van der Waals surface area contributed by atoms with Gasteiger partial charge in [0.05, 0.1) is 23.8 Å². The van der Waals surface area contributed by atoms with E-state index < -0.39 is 0 Å². The molecule has 1 rings (SSSR count). The van der Waals surface area contributed by atoms with Gasteiger partial charge < -0.3 is 14.8 Å². The first-order chi connectivity index (χ1) is 9.54. The Morgan fingerprint density at radius 3 is 2.40 bits per heavy atom. The van der Waals surface area contributed by atoms with Crippen LogP contribution in [0.4, 0.5) is 0 Å².